The molecule has 0 spiro atoms. The Hall–Kier alpha value is -3.53. The minimum atomic E-state index is -0.989. The van der Waals surface area contributed by atoms with Gasteiger partial charge in [-0.05, 0) is 35.9 Å². The molecule has 0 aromatic heterocycles. The summed E-state index contributed by atoms with van der Waals surface area (Å²) in [5.41, 5.74) is 2.69. The highest BCUT2D eigenvalue weighted by Crippen LogP contribution is 2.30. The monoisotopic (exact) mass is 443 g/mol. The number of methoxy groups -OCH3 is 3. The number of nitrogens with zero attached hydrogens (tertiary/aromatic N) is 2. The van der Waals surface area contributed by atoms with Gasteiger partial charge in [0.1, 0.15) is 0 Å². The number of ether oxygens (including phenoxy) is 3. The zero-order valence-corrected chi connectivity index (χ0v) is 18.0. The quantitative estimate of drug-likeness (QED) is 0.540. The van der Waals surface area contributed by atoms with E-state index < -0.39 is 11.9 Å². The van der Waals surface area contributed by atoms with Crippen LogP contribution in [0.15, 0.2) is 47.6 Å². The summed E-state index contributed by atoms with van der Waals surface area (Å²) in [5.74, 6) is -0.255. The maximum absolute atomic E-state index is 12.4. The average molecular weight is 443 g/mol. The van der Waals surface area contributed by atoms with E-state index in [1.807, 2.05) is 12.1 Å². The summed E-state index contributed by atoms with van der Waals surface area (Å²) in [6.45, 7) is 0.199. The van der Waals surface area contributed by atoms with E-state index in [-0.39, 0.29) is 11.8 Å². The van der Waals surface area contributed by atoms with Crippen molar-refractivity contribution in [2.45, 2.75) is 6.54 Å². The number of carbonyl (C=O) groups is 3. The normalized spacial score (nSPS) is 13.3. The fraction of sp³-hybridized carbons (Fsp3) is 0.238. The summed E-state index contributed by atoms with van der Waals surface area (Å²) in [5, 5.41) is 8.14. The van der Waals surface area contributed by atoms with Gasteiger partial charge in [-0.25, -0.2) is 9.80 Å². The Kier molecular flexibility index (Phi) is 7.14. The van der Waals surface area contributed by atoms with Gasteiger partial charge in [0.15, 0.2) is 11.5 Å². The number of amides is 2. The minimum Gasteiger partial charge on any atom is -0.493 e. The highest BCUT2D eigenvalue weighted by molar-refractivity contribution is 8.14. The van der Waals surface area contributed by atoms with Gasteiger partial charge in [-0.15, -0.1) is 0 Å². The van der Waals surface area contributed by atoms with Gasteiger partial charge in [-0.1, -0.05) is 23.9 Å². The first-order valence-corrected chi connectivity index (χ1v) is 10.2. The molecule has 0 atom stereocenters. The van der Waals surface area contributed by atoms with Crippen LogP contribution in [-0.2, 0) is 20.9 Å². The number of rotatable bonds is 6. The minimum absolute atomic E-state index is 0.187. The summed E-state index contributed by atoms with van der Waals surface area (Å²) < 4.78 is 15.0. The number of hydrogen-bond acceptors (Lipinski definition) is 8. The van der Waals surface area contributed by atoms with E-state index in [0.29, 0.717) is 22.9 Å². The molecule has 0 bridgehead atoms. The van der Waals surface area contributed by atoms with Crippen LogP contribution in [0.25, 0.3) is 0 Å². The van der Waals surface area contributed by atoms with E-state index in [2.05, 4.69) is 15.2 Å². The average Bonchev–Trinajstić information content (AvgIpc) is 2.79. The molecule has 1 aliphatic heterocycles. The largest absolute Gasteiger partial charge is 0.493 e. The van der Waals surface area contributed by atoms with Gasteiger partial charge in [-0.2, -0.15) is 5.10 Å². The first-order chi connectivity index (χ1) is 14.9. The molecule has 9 nitrogen and oxygen atoms in total. The highest BCUT2D eigenvalue weighted by Gasteiger charge is 2.23. The molecule has 2 aromatic rings. The molecule has 1 heterocycles. The molecule has 0 radical (unpaired) electrons. The van der Waals surface area contributed by atoms with Crippen LogP contribution in [0.1, 0.15) is 11.1 Å². The van der Waals surface area contributed by atoms with Crippen molar-refractivity contribution in [3.63, 3.8) is 0 Å². The maximum atomic E-state index is 12.4. The van der Waals surface area contributed by atoms with Gasteiger partial charge in [0.05, 0.1) is 33.6 Å². The Morgan fingerprint density at radius 2 is 1.87 bits per heavy atom. The maximum Gasteiger partial charge on any atom is 0.396 e. The number of anilines is 1. The molecule has 10 heteroatoms. The van der Waals surface area contributed by atoms with Crippen LogP contribution in [0.2, 0.25) is 0 Å². The molecule has 0 aliphatic carbocycles. The highest BCUT2D eigenvalue weighted by atomic mass is 32.2. The van der Waals surface area contributed by atoms with E-state index in [1.54, 1.807) is 44.6 Å². The molecule has 2 aromatic carbocycles. The number of nitrogens with one attached hydrogen (secondary N) is 1. The molecule has 31 heavy (non-hydrogen) atoms. The van der Waals surface area contributed by atoms with Gasteiger partial charge < -0.3 is 19.5 Å². The summed E-state index contributed by atoms with van der Waals surface area (Å²) >= 11 is 1.15. The second-order valence-corrected chi connectivity index (χ2v) is 7.30. The van der Waals surface area contributed by atoms with E-state index in [4.69, 9.17) is 9.47 Å². The van der Waals surface area contributed by atoms with Crippen LogP contribution < -0.4 is 14.8 Å². The van der Waals surface area contributed by atoms with E-state index in [1.165, 1.54) is 5.01 Å². The predicted molar refractivity (Wildman–Crippen MR) is 117 cm³/mol. The van der Waals surface area contributed by atoms with Crippen molar-refractivity contribution in [3.05, 3.63) is 53.6 Å². The first-order valence-electron chi connectivity index (χ1n) is 9.17. The van der Waals surface area contributed by atoms with Crippen LogP contribution in [0.3, 0.4) is 0 Å². The SMILES string of the molecule is COC(=O)C(=O)Nc1cccc(CN2N=C(c3ccc(OC)c(OC)c3)CSC2=O)c1. The third-order valence-electron chi connectivity index (χ3n) is 4.39. The smallest absolute Gasteiger partial charge is 0.396 e. The zero-order valence-electron chi connectivity index (χ0n) is 17.2. The summed E-state index contributed by atoms with van der Waals surface area (Å²) in [4.78, 5) is 35.4. The van der Waals surface area contributed by atoms with Gasteiger partial charge in [0.2, 0.25) is 0 Å². The van der Waals surface area contributed by atoms with Crippen LogP contribution in [0, 0.1) is 0 Å². The first kappa shape index (κ1) is 22.2. The molecule has 1 aliphatic rings. The summed E-state index contributed by atoms with van der Waals surface area (Å²) in [6.07, 6.45) is 0. The molecular weight excluding hydrogens is 422 g/mol. The number of thioether (sulfide) groups is 1. The topological polar surface area (TPSA) is 107 Å². The van der Waals surface area contributed by atoms with Crippen molar-refractivity contribution in [3.8, 4) is 11.5 Å². The molecule has 1 N–H and O–H groups in total. The fourth-order valence-electron chi connectivity index (χ4n) is 2.87. The fourth-order valence-corrected chi connectivity index (χ4v) is 3.61. The Balaban J connectivity index is 1.80. The lowest BCUT2D eigenvalue weighted by molar-refractivity contribution is -0.150. The lowest BCUT2D eigenvalue weighted by Gasteiger charge is -2.23. The standard InChI is InChI=1S/C21H21N3O6S/c1-28-17-8-7-14(10-18(17)29-2)16-12-31-21(27)24(23-16)11-13-5-4-6-15(9-13)22-19(25)20(26)30-3/h4-10H,11-12H2,1-3H3,(H,22,25). The van der Waals surface area contributed by atoms with Crippen molar-refractivity contribution < 1.29 is 28.6 Å². The third kappa shape index (κ3) is 5.34. The zero-order chi connectivity index (χ0) is 22.4. The number of benzene rings is 2. The van der Waals surface area contributed by atoms with E-state index >= 15 is 0 Å². The predicted octanol–water partition coefficient (Wildman–Crippen LogP) is 2.89. The molecule has 2 amide bonds. The molecular formula is C21H21N3O6S. The summed E-state index contributed by atoms with van der Waals surface area (Å²) in [7, 11) is 4.25. The lowest BCUT2D eigenvalue weighted by Crippen LogP contribution is -2.29. The number of carbonyl (C=O) groups excluding carboxylic acids is 3. The Morgan fingerprint density at radius 3 is 2.58 bits per heavy atom. The van der Waals surface area contributed by atoms with Crippen LogP contribution in [-0.4, -0.2) is 54.9 Å². The number of hydrazone groups is 1. The Labute approximate surface area is 183 Å². The van der Waals surface area contributed by atoms with Crippen molar-refractivity contribution >= 4 is 40.3 Å². The lowest BCUT2D eigenvalue weighted by atomic mass is 10.1. The number of hydrogen-bond donors (Lipinski definition) is 1. The van der Waals surface area contributed by atoms with Crippen molar-refractivity contribution in [2.24, 2.45) is 5.10 Å². The molecule has 162 valence electrons. The van der Waals surface area contributed by atoms with E-state index in [0.717, 1.165) is 35.7 Å². The molecule has 0 fully saturated rings. The van der Waals surface area contributed by atoms with Gasteiger partial charge in [0.25, 0.3) is 0 Å². The second-order valence-electron chi connectivity index (χ2n) is 6.37. The Bertz CT molecular complexity index is 1040. The molecule has 0 saturated carbocycles. The van der Waals surface area contributed by atoms with Gasteiger partial charge in [-0.3, -0.25) is 9.59 Å². The van der Waals surface area contributed by atoms with Gasteiger partial charge >= 0.3 is 17.1 Å². The molecule has 0 saturated heterocycles. The van der Waals surface area contributed by atoms with Gasteiger partial charge in [0, 0.05) is 17.0 Å². The van der Waals surface area contributed by atoms with Crippen LogP contribution >= 0.6 is 11.8 Å². The van der Waals surface area contributed by atoms with Crippen LogP contribution in [0.5, 0.6) is 11.5 Å². The summed E-state index contributed by atoms with van der Waals surface area (Å²) in [6, 6.07) is 12.3. The molecule has 3 rings (SSSR count). The van der Waals surface area contributed by atoms with Crippen molar-refractivity contribution in [2.75, 3.05) is 32.4 Å². The van der Waals surface area contributed by atoms with Crippen molar-refractivity contribution in [1.82, 2.24) is 5.01 Å². The van der Waals surface area contributed by atoms with E-state index in [9.17, 15) is 14.4 Å². The second kappa shape index (κ2) is 9.98. The number of esters is 1. The van der Waals surface area contributed by atoms with Crippen molar-refractivity contribution in [1.29, 1.82) is 0 Å². The molecule has 0 unspecified atom stereocenters. The third-order valence-corrected chi connectivity index (χ3v) is 5.26. The Morgan fingerprint density at radius 1 is 1.10 bits per heavy atom. The van der Waals surface area contributed by atoms with Crippen LogP contribution in [0.4, 0.5) is 10.5 Å².